The lowest BCUT2D eigenvalue weighted by Gasteiger charge is -2.15. The largest absolute Gasteiger partial charge is 0.207 e. The van der Waals surface area contributed by atoms with E-state index >= 15 is 0 Å². The minimum absolute atomic E-state index is 0.0774. The first kappa shape index (κ1) is 14.5. The minimum atomic E-state index is -0.272. The zero-order valence-electron chi connectivity index (χ0n) is 10.0. The highest BCUT2D eigenvalue weighted by Gasteiger charge is 2.14. The Hall–Kier alpha value is -0.930. The Kier molecular flexibility index (Phi) is 4.94. The monoisotopic (exact) mass is 344 g/mol. The summed E-state index contributed by atoms with van der Waals surface area (Å²) in [7, 11) is 0. The highest BCUT2D eigenvalue weighted by Crippen LogP contribution is 2.26. The molecule has 2 aromatic rings. The first-order chi connectivity index (χ1) is 9.10. The van der Waals surface area contributed by atoms with Crippen molar-refractivity contribution in [2.75, 3.05) is 5.33 Å². The summed E-state index contributed by atoms with van der Waals surface area (Å²) in [5.74, 6) is -0.461. The summed E-state index contributed by atoms with van der Waals surface area (Å²) < 4.78 is 26.6. The van der Waals surface area contributed by atoms with Crippen LogP contribution in [0.3, 0.4) is 0 Å². The summed E-state index contributed by atoms with van der Waals surface area (Å²) in [6.45, 7) is 0. The quantitative estimate of drug-likeness (QED) is 0.656. The molecule has 0 saturated carbocycles. The van der Waals surface area contributed by atoms with E-state index in [0.29, 0.717) is 22.3 Å². The van der Waals surface area contributed by atoms with Crippen LogP contribution in [0.15, 0.2) is 42.5 Å². The first-order valence-electron chi connectivity index (χ1n) is 5.85. The van der Waals surface area contributed by atoms with Gasteiger partial charge >= 0.3 is 0 Å². The van der Waals surface area contributed by atoms with Crippen LogP contribution in [0.2, 0.25) is 5.02 Å². The first-order valence-corrected chi connectivity index (χ1v) is 7.35. The SMILES string of the molecule is Fc1ccc(C(CBr)Cc2cc(Cl)ccc2F)cc1. The second kappa shape index (κ2) is 6.49. The van der Waals surface area contributed by atoms with Crippen LogP contribution in [-0.4, -0.2) is 5.33 Å². The Morgan fingerprint density at radius 3 is 2.37 bits per heavy atom. The van der Waals surface area contributed by atoms with Crippen LogP contribution in [-0.2, 0) is 6.42 Å². The molecule has 0 amide bonds. The van der Waals surface area contributed by atoms with Crippen molar-refractivity contribution in [3.63, 3.8) is 0 Å². The van der Waals surface area contributed by atoms with Crippen molar-refractivity contribution in [3.8, 4) is 0 Å². The van der Waals surface area contributed by atoms with E-state index in [-0.39, 0.29) is 17.6 Å². The highest BCUT2D eigenvalue weighted by molar-refractivity contribution is 9.09. The van der Waals surface area contributed by atoms with Crippen LogP contribution in [0, 0.1) is 11.6 Å². The average Bonchev–Trinajstić information content (AvgIpc) is 2.41. The van der Waals surface area contributed by atoms with Gasteiger partial charge in [-0.2, -0.15) is 0 Å². The Morgan fingerprint density at radius 2 is 1.74 bits per heavy atom. The molecular weight excluding hydrogens is 334 g/mol. The second-order valence-corrected chi connectivity index (χ2v) is 5.43. The summed E-state index contributed by atoms with van der Waals surface area (Å²) in [6, 6.07) is 10.8. The van der Waals surface area contributed by atoms with E-state index < -0.39 is 0 Å². The predicted molar refractivity (Wildman–Crippen MR) is 78.0 cm³/mol. The molecule has 4 heteroatoms. The maximum absolute atomic E-state index is 13.7. The molecule has 0 N–H and O–H groups in total. The third kappa shape index (κ3) is 3.77. The fourth-order valence-electron chi connectivity index (χ4n) is 1.96. The molecule has 0 spiro atoms. The number of halogens is 4. The normalized spacial score (nSPS) is 12.4. The maximum Gasteiger partial charge on any atom is 0.126 e. The summed E-state index contributed by atoms with van der Waals surface area (Å²) >= 11 is 9.30. The lowest BCUT2D eigenvalue weighted by molar-refractivity contribution is 0.598. The smallest absolute Gasteiger partial charge is 0.126 e. The molecule has 0 aliphatic heterocycles. The molecule has 0 heterocycles. The molecule has 19 heavy (non-hydrogen) atoms. The molecular formula is C15H12BrClF2. The number of hydrogen-bond acceptors (Lipinski definition) is 0. The van der Waals surface area contributed by atoms with Crippen LogP contribution < -0.4 is 0 Å². The molecule has 0 aromatic heterocycles. The van der Waals surface area contributed by atoms with Crippen LogP contribution >= 0.6 is 27.5 Å². The summed E-state index contributed by atoms with van der Waals surface area (Å²) in [5, 5.41) is 1.19. The fourth-order valence-corrected chi connectivity index (χ4v) is 2.76. The van der Waals surface area contributed by atoms with Gasteiger partial charge in [-0.3, -0.25) is 0 Å². The Labute approximate surface area is 124 Å². The van der Waals surface area contributed by atoms with Gasteiger partial charge in [-0.25, -0.2) is 8.78 Å². The highest BCUT2D eigenvalue weighted by atomic mass is 79.9. The molecule has 2 rings (SSSR count). The van der Waals surface area contributed by atoms with Crippen molar-refractivity contribution in [1.82, 2.24) is 0 Å². The number of benzene rings is 2. The van der Waals surface area contributed by atoms with Crippen molar-refractivity contribution in [2.24, 2.45) is 0 Å². The second-order valence-electron chi connectivity index (χ2n) is 4.34. The standard InChI is InChI=1S/C15H12BrClF2/c16-9-12(10-1-4-14(18)5-2-10)7-11-8-13(17)3-6-15(11)19/h1-6,8,12H,7,9H2. The zero-order chi connectivity index (χ0) is 13.8. The van der Waals surface area contributed by atoms with E-state index in [1.54, 1.807) is 18.2 Å². The Balaban J connectivity index is 2.23. The van der Waals surface area contributed by atoms with Gasteiger partial charge in [0.25, 0.3) is 0 Å². The minimum Gasteiger partial charge on any atom is -0.207 e. The van der Waals surface area contributed by atoms with Crippen molar-refractivity contribution >= 4 is 27.5 Å². The molecule has 100 valence electrons. The molecule has 0 aliphatic rings. The molecule has 0 radical (unpaired) electrons. The van der Waals surface area contributed by atoms with E-state index in [1.165, 1.54) is 24.3 Å². The molecule has 0 saturated heterocycles. The van der Waals surface area contributed by atoms with Crippen molar-refractivity contribution < 1.29 is 8.78 Å². The van der Waals surface area contributed by atoms with Crippen LogP contribution in [0.4, 0.5) is 8.78 Å². The molecule has 1 atom stereocenters. The molecule has 0 bridgehead atoms. The maximum atomic E-state index is 13.7. The van der Waals surface area contributed by atoms with Crippen LogP contribution in [0.1, 0.15) is 17.0 Å². The van der Waals surface area contributed by atoms with Gasteiger partial charge in [-0.15, -0.1) is 0 Å². The van der Waals surface area contributed by atoms with E-state index in [1.807, 2.05) is 0 Å². The van der Waals surface area contributed by atoms with Gasteiger partial charge in [0.15, 0.2) is 0 Å². The molecule has 1 unspecified atom stereocenters. The molecule has 0 fully saturated rings. The molecule has 0 nitrogen and oxygen atoms in total. The van der Waals surface area contributed by atoms with E-state index in [9.17, 15) is 8.78 Å². The fraction of sp³-hybridized carbons (Fsp3) is 0.200. The lowest BCUT2D eigenvalue weighted by atomic mass is 9.93. The van der Waals surface area contributed by atoms with E-state index in [0.717, 1.165) is 5.56 Å². The van der Waals surface area contributed by atoms with Gasteiger partial charge in [-0.1, -0.05) is 39.7 Å². The molecule has 2 aromatic carbocycles. The number of hydrogen-bond donors (Lipinski definition) is 0. The van der Waals surface area contributed by atoms with Gasteiger partial charge in [0, 0.05) is 10.4 Å². The summed E-state index contributed by atoms with van der Waals surface area (Å²) in [4.78, 5) is 0. The molecule has 0 aliphatic carbocycles. The Morgan fingerprint density at radius 1 is 1.05 bits per heavy atom. The van der Waals surface area contributed by atoms with Crippen molar-refractivity contribution in [2.45, 2.75) is 12.3 Å². The third-order valence-corrected chi connectivity index (χ3v) is 4.02. The lowest BCUT2D eigenvalue weighted by Crippen LogP contribution is -2.06. The van der Waals surface area contributed by atoms with E-state index in [2.05, 4.69) is 15.9 Å². The van der Waals surface area contributed by atoms with Gasteiger partial charge in [0.05, 0.1) is 0 Å². The number of rotatable bonds is 4. The van der Waals surface area contributed by atoms with Crippen molar-refractivity contribution in [1.29, 1.82) is 0 Å². The third-order valence-electron chi connectivity index (χ3n) is 3.00. The van der Waals surface area contributed by atoms with Crippen LogP contribution in [0.5, 0.6) is 0 Å². The van der Waals surface area contributed by atoms with Crippen LogP contribution in [0.25, 0.3) is 0 Å². The number of alkyl halides is 1. The summed E-state index contributed by atoms with van der Waals surface area (Å²) in [5.41, 5.74) is 1.54. The van der Waals surface area contributed by atoms with Crippen molar-refractivity contribution in [3.05, 3.63) is 70.2 Å². The predicted octanol–water partition coefficient (Wildman–Crippen LogP) is 5.34. The topological polar surface area (TPSA) is 0 Å². The van der Waals surface area contributed by atoms with Gasteiger partial charge in [0.2, 0.25) is 0 Å². The average molecular weight is 346 g/mol. The van der Waals surface area contributed by atoms with Gasteiger partial charge < -0.3 is 0 Å². The van der Waals surface area contributed by atoms with E-state index in [4.69, 9.17) is 11.6 Å². The van der Waals surface area contributed by atoms with Gasteiger partial charge in [0.1, 0.15) is 11.6 Å². The Bertz CT molecular complexity index is 555. The summed E-state index contributed by atoms with van der Waals surface area (Å²) in [6.07, 6.45) is 0.517. The zero-order valence-corrected chi connectivity index (χ0v) is 12.4. The van der Waals surface area contributed by atoms with Gasteiger partial charge in [-0.05, 0) is 53.8 Å².